The van der Waals surface area contributed by atoms with E-state index < -0.39 is 6.29 Å². The summed E-state index contributed by atoms with van der Waals surface area (Å²) in [6.07, 6.45) is -0.164. The van der Waals surface area contributed by atoms with Crippen molar-refractivity contribution in [1.29, 1.82) is 0 Å². The van der Waals surface area contributed by atoms with Crippen molar-refractivity contribution in [3.05, 3.63) is 12.2 Å². The first-order chi connectivity index (χ1) is 8.15. The number of ether oxygens (including phenoxy) is 4. The molecule has 17 heavy (non-hydrogen) atoms. The Bertz CT molecular complexity index is 345. The van der Waals surface area contributed by atoms with Crippen LogP contribution in [0.3, 0.4) is 0 Å². The Hall–Kier alpha value is -0.910. The minimum absolute atomic E-state index is 0.0791. The van der Waals surface area contributed by atoms with Crippen LogP contribution in [0.15, 0.2) is 12.2 Å². The van der Waals surface area contributed by atoms with Crippen LogP contribution in [0.1, 0.15) is 13.3 Å². The molecule has 0 aromatic rings. The van der Waals surface area contributed by atoms with Gasteiger partial charge >= 0.3 is 5.97 Å². The fraction of sp³-hybridized carbons (Fsp3) is 0.750. The summed E-state index contributed by atoms with van der Waals surface area (Å²) in [6, 6.07) is 0. The maximum absolute atomic E-state index is 11.5. The highest BCUT2D eigenvalue weighted by Gasteiger charge is 2.51. The Labute approximate surface area is 99.7 Å². The van der Waals surface area contributed by atoms with Crippen LogP contribution >= 0.6 is 0 Å². The molecule has 94 valence electrons. The maximum atomic E-state index is 11.5. The third kappa shape index (κ3) is 1.88. The summed E-state index contributed by atoms with van der Waals surface area (Å²) < 4.78 is 22.3. The van der Waals surface area contributed by atoms with Gasteiger partial charge in [-0.25, -0.2) is 4.79 Å². The van der Waals surface area contributed by atoms with E-state index in [1.807, 2.05) is 0 Å². The lowest BCUT2D eigenvalue weighted by Gasteiger charge is -2.32. The molecule has 0 saturated carbocycles. The lowest BCUT2D eigenvalue weighted by Crippen LogP contribution is -2.45. The molecule has 0 amide bonds. The van der Waals surface area contributed by atoms with Crippen LogP contribution in [0.5, 0.6) is 0 Å². The molecular formula is C12H16O5. The predicted molar refractivity (Wildman–Crippen MR) is 57.2 cm³/mol. The zero-order valence-corrected chi connectivity index (χ0v) is 9.76. The Morgan fingerprint density at radius 1 is 1.35 bits per heavy atom. The van der Waals surface area contributed by atoms with E-state index in [2.05, 4.69) is 6.58 Å². The first kappa shape index (κ1) is 11.2. The minimum atomic E-state index is -0.401. The van der Waals surface area contributed by atoms with Crippen molar-refractivity contribution in [3.8, 4) is 0 Å². The van der Waals surface area contributed by atoms with Gasteiger partial charge in [-0.05, 0) is 6.92 Å². The third-order valence-electron chi connectivity index (χ3n) is 3.51. The van der Waals surface area contributed by atoms with E-state index >= 15 is 0 Å². The predicted octanol–water partition coefficient (Wildman–Crippen LogP) is 0.634. The Balaban J connectivity index is 1.73. The van der Waals surface area contributed by atoms with Crippen molar-refractivity contribution in [2.75, 3.05) is 13.2 Å². The smallest absolute Gasteiger partial charge is 0.333 e. The van der Waals surface area contributed by atoms with Gasteiger partial charge in [0, 0.05) is 17.9 Å². The standard InChI is InChI=1S/C12H16O5/c1-6(2)11(13)17-9-3-8-7-4-14-12(15-5-7)10(9)16-8/h7-10,12H,1,3-5H2,2H3. The highest BCUT2D eigenvalue weighted by atomic mass is 16.7. The second kappa shape index (κ2) is 4.08. The SMILES string of the molecule is C=C(C)C(=O)OC1CC2OC1C1OCC2CO1. The molecule has 0 N–H and O–H groups in total. The molecule has 5 heteroatoms. The van der Waals surface area contributed by atoms with Gasteiger partial charge in [-0.1, -0.05) is 6.58 Å². The molecule has 0 radical (unpaired) electrons. The van der Waals surface area contributed by atoms with Crippen LogP contribution < -0.4 is 0 Å². The normalized spacial score (nSPS) is 43.2. The molecular weight excluding hydrogens is 224 g/mol. The van der Waals surface area contributed by atoms with E-state index in [0.717, 1.165) is 6.42 Å². The Morgan fingerprint density at radius 3 is 2.71 bits per heavy atom. The summed E-state index contributed by atoms with van der Waals surface area (Å²) in [6.45, 7) is 6.55. The summed E-state index contributed by atoms with van der Waals surface area (Å²) in [7, 11) is 0. The van der Waals surface area contributed by atoms with Crippen molar-refractivity contribution in [2.24, 2.45) is 5.92 Å². The highest BCUT2D eigenvalue weighted by molar-refractivity contribution is 5.87. The minimum Gasteiger partial charge on any atom is -0.456 e. The number of esters is 1. The van der Waals surface area contributed by atoms with Crippen molar-refractivity contribution < 1.29 is 23.7 Å². The molecule has 4 aliphatic heterocycles. The van der Waals surface area contributed by atoms with Crippen LogP contribution in [0, 0.1) is 5.92 Å². The quantitative estimate of drug-likeness (QED) is 0.523. The summed E-state index contributed by atoms with van der Waals surface area (Å²) in [5.41, 5.74) is 0.399. The molecule has 0 aromatic carbocycles. The summed E-state index contributed by atoms with van der Waals surface area (Å²) in [5.74, 6) is -0.120. The first-order valence-electron chi connectivity index (χ1n) is 5.90. The van der Waals surface area contributed by atoms with Crippen LogP contribution in [0.4, 0.5) is 0 Å². The molecule has 3 atom stereocenters. The van der Waals surface area contributed by atoms with Gasteiger partial charge < -0.3 is 18.9 Å². The highest BCUT2D eigenvalue weighted by Crippen LogP contribution is 2.38. The van der Waals surface area contributed by atoms with Crippen molar-refractivity contribution >= 4 is 5.97 Å². The first-order valence-corrected chi connectivity index (χ1v) is 5.90. The van der Waals surface area contributed by atoms with Gasteiger partial charge in [0.1, 0.15) is 12.2 Å². The zero-order chi connectivity index (χ0) is 12.0. The number of hydrogen-bond acceptors (Lipinski definition) is 5. The fourth-order valence-corrected chi connectivity index (χ4v) is 2.54. The van der Waals surface area contributed by atoms with Crippen molar-refractivity contribution in [2.45, 2.75) is 37.9 Å². The van der Waals surface area contributed by atoms with Crippen LogP contribution in [0.25, 0.3) is 0 Å². The summed E-state index contributed by atoms with van der Waals surface area (Å²) in [4.78, 5) is 11.5. The van der Waals surface area contributed by atoms with Gasteiger partial charge in [0.25, 0.3) is 0 Å². The largest absolute Gasteiger partial charge is 0.456 e. The number of fused-ring (bicyclic) bond motifs is 2. The molecule has 0 aromatic heterocycles. The number of rotatable bonds is 2. The third-order valence-corrected chi connectivity index (χ3v) is 3.51. The molecule has 3 unspecified atom stereocenters. The molecule has 4 aliphatic rings. The van der Waals surface area contributed by atoms with Gasteiger partial charge in [0.2, 0.25) is 0 Å². The van der Waals surface area contributed by atoms with Gasteiger partial charge in [-0.15, -0.1) is 0 Å². The van der Waals surface area contributed by atoms with Gasteiger partial charge in [-0.3, -0.25) is 0 Å². The van der Waals surface area contributed by atoms with Gasteiger partial charge in [0.05, 0.1) is 19.3 Å². The topological polar surface area (TPSA) is 54.0 Å². The molecule has 0 aliphatic carbocycles. The molecule has 4 bridgehead atoms. The van der Waals surface area contributed by atoms with Crippen LogP contribution in [0.2, 0.25) is 0 Å². The van der Waals surface area contributed by atoms with E-state index in [0.29, 0.717) is 18.8 Å². The Morgan fingerprint density at radius 2 is 2.06 bits per heavy atom. The fourth-order valence-electron chi connectivity index (χ4n) is 2.54. The van der Waals surface area contributed by atoms with Gasteiger partial charge in [-0.2, -0.15) is 0 Å². The molecule has 4 rings (SSSR count). The number of carbonyl (C=O) groups excluding carboxylic acids is 1. The second-order valence-electron chi connectivity index (χ2n) is 4.89. The summed E-state index contributed by atoms with van der Waals surface area (Å²) in [5, 5.41) is 0. The van der Waals surface area contributed by atoms with E-state index in [1.165, 1.54) is 0 Å². The Kier molecular flexibility index (Phi) is 2.69. The molecule has 5 nitrogen and oxygen atoms in total. The lowest BCUT2D eigenvalue weighted by molar-refractivity contribution is -0.227. The molecule has 4 saturated heterocycles. The van der Waals surface area contributed by atoms with E-state index in [9.17, 15) is 4.79 Å². The number of carbonyl (C=O) groups is 1. The average molecular weight is 240 g/mol. The molecule has 4 heterocycles. The zero-order valence-electron chi connectivity index (χ0n) is 9.76. The van der Waals surface area contributed by atoms with Crippen molar-refractivity contribution in [1.82, 2.24) is 0 Å². The monoisotopic (exact) mass is 240 g/mol. The molecule has 0 spiro atoms. The summed E-state index contributed by atoms with van der Waals surface area (Å²) >= 11 is 0. The van der Waals surface area contributed by atoms with E-state index in [1.54, 1.807) is 6.92 Å². The van der Waals surface area contributed by atoms with Crippen LogP contribution in [-0.4, -0.2) is 43.8 Å². The maximum Gasteiger partial charge on any atom is 0.333 e. The van der Waals surface area contributed by atoms with Crippen LogP contribution in [-0.2, 0) is 23.7 Å². The van der Waals surface area contributed by atoms with E-state index in [-0.39, 0.29) is 30.2 Å². The lowest BCUT2D eigenvalue weighted by atomic mass is 9.97. The van der Waals surface area contributed by atoms with E-state index in [4.69, 9.17) is 18.9 Å². The van der Waals surface area contributed by atoms with Crippen molar-refractivity contribution in [3.63, 3.8) is 0 Å². The number of hydrogen-bond donors (Lipinski definition) is 0. The molecule has 4 fully saturated rings. The van der Waals surface area contributed by atoms with Gasteiger partial charge in [0.15, 0.2) is 6.29 Å². The second-order valence-corrected chi connectivity index (χ2v) is 4.89. The average Bonchev–Trinajstić information content (AvgIpc) is 2.55.